The summed E-state index contributed by atoms with van der Waals surface area (Å²) in [6, 6.07) is 7.68. The lowest BCUT2D eigenvalue weighted by Gasteiger charge is -2.00. The maximum atomic E-state index is 10.7. The first-order chi connectivity index (χ1) is 8.66. The Kier molecular flexibility index (Phi) is 4.03. The van der Waals surface area contributed by atoms with Crippen molar-refractivity contribution in [2.24, 2.45) is 0 Å². The van der Waals surface area contributed by atoms with Gasteiger partial charge in [0.1, 0.15) is 0 Å². The van der Waals surface area contributed by atoms with Crippen LogP contribution in [0.1, 0.15) is 6.92 Å². The summed E-state index contributed by atoms with van der Waals surface area (Å²) in [4.78, 5) is 12.2. The van der Waals surface area contributed by atoms with E-state index in [1.54, 1.807) is 0 Å². The molecule has 2 aromatic rings. The Morgan fingerprint density at radius 3 is 2.94 bits per heavy atom. The van der Waals surface area contributed by atoms with Crippen LogP contribution in [0.15, 0.2) is 28.7 Å². The minimum atomic E-state index is -0.0684. The second kappa shape index (κ2) is 5.72. The van der Waals surface area contributed by atoms with Gasteiger partial charge in [-0.3, -0.25) is 4.79 Å². The Morgan fingerprint density at radius 1 is 1.44 bits per heavy atom. The highest BCUT2D eigenvalue weighted by atomic mass is 79.9. The topological polar surface area (TPSA) is 72.7 Å². The lowest BCUT2D eigenvalue weighted by atomic mass is 10.2. The third kappa shape index (κ3) is 3.13. The van der Waals surface area contributed by atoms with E-state index in [2.05, 4.69) is 36.7 Å². The maximum absolute atomic E-state index is 10.7. The van der Waals surface area contributed by atoms with Crippen LogP contribution >= 0.6 is 15.9 Å². The predicted octanol–water partition coefficient (Wildman–Crippen LogP) is 1.24. The van der Waals surface area contributed by atoms with Crippen LogP contribution in [0.4, 0.5) is 0 Å². The number of tetrazole rings is 1. The van der Waals surface area contributed by atoms with Gasteiger partial charge in [-0.1, -0.05) is 28.1 Å². The van der Waals surface area contributed by atoms with E-state index in [0.29, 0.717) is 18.9 Å². The number of halogens is 1. The van der Waals surface area contributed by atoms with Gasteiger partial charge in [-0.05, 0) is 17.3 Å². The molecule has 18 heavy (non-hydrogen) atoms. The average Bonchev–Trinajstić information content (AvgIpc) is 2.78. The zero-order valence-electron chi connectivity index (χ0n) is 9.80. The molecular formula is C11H12BrN5O. The molecule has 6 nitrogen and oxygen atoms in total. The third-order valence-electron chi connectivity index (χ3n) is 2.25. The standard InChI is InChI=1S/C11H12BrN5O/c1-8(18)13-6-7-17-15-11(14-16-17)9-4-2-3-5-10(9)12/h2-5H,6-7H2,1H3,(H,13,18). The summed E-state index contributed by atoms with van der Waals surface area (Å²) in [5.74, 6) is 0.492. The van der Waals surface area contributed by atoms with Crippen LogP contribution in [0.5, 0.6) is 0 Å². The van der Waals surface area contributed by atoms with Crippen LogP contribution in [-0.4, -0.2) is 32.7 Å². The molecule has 0 saturated carbocycles. The number of amides is 1. The molecule has 7 heteroatoms. The van der Waals surface area contributed by atoms with Gasteiger partial charge in [-0.15, -0.1) is 10.2 Å². The van der Waals surface area contributed by atoms with Crippen LogP contribution in [-0.2, 0) is 11.3 Å². The number of aromatic nitrogens is 4. The molecule has 0 saturated heterocycles. The average molecular weight is 310 g/mol. The number of nitrogens with one attached hydrogen (secondary N) is 1. The first-order valence-electron chi connectivity index (χ1n) is 5.44. The van der Waals surface area contributed by atoms with Gasteiger partial charge in [0, 0.05) is 23.5 Å². The molecular weight excluding hydrogens is 298 g/mol. The van der Waals surface area contributed by atoms with Gasteiger partial charge in [-0.25, -0.2) is 0 Å². The van der Waals surface area contributed by atoms with E-state index < -0.39 is 0 Å². The quantitative estimate of drug-likeness (QED) is 0.922. The fourth-order valence-electron chi connectivity index (χ4n) is 1.42. The molecule has 0 aliphatic rings. The lowest BCUT2D eigenvalue weighted by Crippen LogP contribution is -2.25. The molecule has 1 aromatic heterocycles. The summed E-state index contributed by atoms with van der Waals surface area (Å²) in [6.45, 7) is 2.46. The van der Waals surface area contributed by atoms with E-state index in [0.717, 1.165) is 10.0 Å². The fraction of sp³-hybridized carbons (Fsp3) is 0.273. The maximum Gasteiger partial charge on any atom is 0.216 e. The number of nitrogens with zero attached hydrogens (tertiary/aromatic N) is 4. The number of hydrogen-bond donors (Lipinski definition) is 1. The Hall–Kier alpha value is -1.76. The molecule has 94 valence electrons. The summed E-state index contributed by atoms with van der Waals surface area (Å²) in [5, 5.41) is 14.8. The Morgan fingerprint density at radius 2 is 2.22 bits per heavy atom. The normalized spacial score (nSPS) is 10.3. The van der Waals surface area contributed by atoms with Crippen LogP contribution in [0.2, 0.25) is 0 Å². The van der Waals surface area contributed by atoms with Crippen molar-refractivity contribution in [1.29, 1.82) is 0 Å². The van der Waals surface area contributed by atoms with Gasteiger partial charge >= 0.3 is 0 Å². The van der Waals surface area contributed by atoms with E-state index >= 15 is 0 Å². The van der Waals surface area contributed by atoms with E-state index in [1.807, 2.05) is 24.3 Å². The van der Waals surface area contributed by atoms with E-state index in [-0.39, 0.29) is 5.91 Å². The van der Waals surface area contributed by atoms with Gasteiger partial charge in [0.05, 0.1) is 6.54 Å². The first-order valence-corrected chi connectivity index (χ1v) is 6.23. The minimum Gasteiger partial charge on any atom is -0.354 e. The molecule has 0 aliphatic carbocycles. The molecule has 1 N–H and O–H groups in total. The molecule has 0 spiro atoms. The van der Waals surface area contributed by atoms with Gasteiger partial charge in [-0.2, -0.15) is 4.80 Å². The molecule has 0 fully saturated rings. The fourth-order valence-corrected chi connectivity index (χ4v) is 1.88. The molecule has 0 bridgehead atoms. The van der Waals surface area contributed by atoms with Gasteiger partial charge < -0.3 is 5.32 Å². The van der Waals surface area contributed by atoms with E-state index in [9.17, 15) is 4.79 Å². The summed E-state index contributed by atoms with van der Waals surface area (Å²) in [5.41, 5.74) is 0.892. The molecule has 1 heterocycles. The third-order valence-corrected chi connectivity index (χ3v) is 2.94. The van der Waals surface area contributed by atoms with Gasteiger partial charge in [0.2, 0.25) is 11.7 Å². The minimum absolute atomic E-state index is 0.0684. The number of benzene rings is 1. The number of carbonyl (C=O) groups excluding carboxylic acids is 1. The van der Waals surface area contributed by atoms with Crippen LogP contribution in [0.25, 0.3) is 11.4 Å². The molecule has 0 aliphatic heterocycles. The molecule has 1 aromatic carbocycles. The van der Waals surface area contributed by atoms with E-state index in [4.69, 9.17) is 0 Å². The van der Waals surface area contributed by atoms with Crippen molar-refractivity contribution in [3.63, 3.8) is 0 Å². The van der Waals surface area contributed by atoms with Crippen molar-refractivity contribution in [3.8, 4) is 11.4 Å². The number of carbonyl (C=O) groups is 1. The zero-order chi connectivity index (χ0) is 13.0. The SMILES string of the molecule is CC(=O)NCCn1nnc(-c2ccccc2Br)n1. The molecule has 0 unspecified atom stereocenters. The highest BCUT2D eigenvalue weighted by molar-refractivity contribution is 9.10. The summed E-state index contributed by atoms with van der Waals surface area (Å²) in [7, 11) is 0. The summed E-state index contributed by atoms with van der Waals surface area (Å²) >= 11 is 3.44. The molecule has 1 amide bonds. The summed E-state index contributed by atoms with van der Waals surface area (Å²) < 4.78 is 0.923. The number of hydrogen-bond acceptors (Lipinski definition) is 4. The first kappa shape index (κ1) is 12.7. The molecule has 2 rings (SSSR count). The Balaban J connectivity index is 2.06. The smallest absolute Gasteiger partial charge is 0.216 e. The highest BCUT2D eigenvalue weighted by Crippen LogP contribution is 2.23. The van der Waals surface area contributed by atoms with Crippen LogP contribution < -0.4 is 5.32 Å². The molecule has 0 radical (unpaired) electrons. The van der Waals surface area contributed by atoms with Crippen molar-refractivity contribution in [2.75, 3.05) is 6.54 Å². The van der Waals surface area contributed by atoms with Crippen molar-refractivity contribution in [3.05, 3.63) is 28.7 Å². The second-order valence-electron chi connectivity index (χ2n) is 3.67. The van der Waals surface area contributed by atoms with Crippen molar-refractivity contribution in [2.45, 2.75) is 13.5 Å². The summed E-state index contributed by atoms with van der Waals surface area (Å²) in [6.07, 6.45) is 0. The second-order valence-corrected chi connectivity index (χ2v) is 4.53. The van der Waals surface area contributed by atoms with Crippen molar-refractivity contribution < 1.29 is 4.79 Å². The van der Waals surface area contributed by atoms with Gasteiger partial charge in [0.25, 0.3) is 0 Å². The van der Waals surface area contributed by atoms with Crippen molar-refractivity contribution >= 4 is 21.8 Å². The van der Waals surface area contributed by atoms with Crippen LogP contribution in [0.3, 0.4) is 0 Å². The monoisotopic (exact) mass is 309 g/mol. The Bertz CT molecular complexity index is 554. The number of rotatable bonds is 4. The van der Waals surface area contributed by atoms with Gasteiger partial charge in [0.15, 0.2) is 0 Å². The van der Waals surface area contributed by atoms with E-state index in [1.165, 1.54) is 11.7 Å². The molecule has 0 atom stereocenters. The highest BCUT2D eigenvalue weighted by Gasteiger charge is 2.08. The largest absolute Gasteiger partial charge is 0.354 e. The predicted molar refractivity (Wildman–Crippen MR) is 69.6 cm³/mol. The zero-order valence-corrected chi connectivity index (χ0v) is 11.4. The Labute approximate surface area is 113 Å². The van der Waals surface area contributed by atoms with Crippen LogP contribution in [0, 0.1) is 0 Å². The lowest BCUT2D eigenvalue weighted by molar-refractivity contribution is -0.119. The van der Waals surface area contributed by atoms with Crippen molar-refractivity contribution in [1.82, 2.24) is 25.5 Å².